The fourth-order valence-electron chi connectivity index (χ4n) is 2.68. The molecule has 0 radical (unpaired) electrons. The van der Waals surface area contributed by atoms with Gasteiger partial charge in [-0.1, -0.05) is 25.7 Å². The second kappa shape index (κ2) is 8.51. The summed E-state index contributed by atoms with van der Waals surface area (Å²) in [4.78, 5) is 7.67. The Kier molecular flexibility index (Phi) is 6.21. The maximum absolute atomic E-state index is 14.8. The molecule has 2 aromatic heterocycles. The predicted molar refractivity (Wildman–Crippen MR) is 95.7 cm³/mol. The number of nitrogens with two attached hydrogens (primary N) is 1. The zero-order chi connectivity index (χ0) is 22.2. The van der Waals surface area contributed by atoms with Gasteiger partial charge in [-0.05, 0) is 13.0 Å². The van der Waals surface area contributed by atoms with Crippen molar-refractivity contribution in [1.82, 2.24) is 30.2 Å². The van der Waals surface area contributed by atoms with Gasteiger partial charge in [-0.3, -0.25) is 0 Å². The molecule has 0 aliphatic carbocycles. The monoisotopic (exact) mass is 452 g/mol. The average molecular weight is 453 g/mol. The summed E-state index contributed by atoms with van der Waals surface area (Å²) in [6.07, 6.45) is -0.734. The fourth-order valence-corrected chi connectivity index (χ4v) is 2.94. The summed E-state index contributed by atoms with van der Waals surface area (Å²) in [5.74, 6) is 2.77. The molecule has 9 nitrogen and oxygen atoms in total. The summed E-state index contributed by atoms with van der Waals surface area (Å²) in [6, 6.07) is 1.46. The highest BCUT2D eigenvalue weighted by atomic mass is 35.5. The summed E-state index contributed by atoms with van der Waals surface area (Å²) < 4.78 is 74.9. The van der Waals surface area contributed by atoms with Crippen molar-refractivity contribution in [1.29, 1.82) is 0 Å². The third-order valence-corrected chi connectivity index (χ3v) is 4.20. The smallest absolute Gasteiger partial charge is 0.255 e. The molecule has 2 N–H and O–H groups in total. The highest BCUT2D eigenvalue weighted by Gasteiger charge is 2.31. The Hall–Kier alpha value is -2.81. The summed E-state index contributed by atoms with van der Waals surface area (Å²) in [5, 5.41) is 3.65. The van der Waals surface area contributed by atoms with Crippen LogP contribution in [0.2, 0.25) is 5.15 Å². The first-order chi connectivity index (χ1) is 14.1. The number of benzene rings is 1. The molecule has 3 rings (SSSR count). The van der Waals surface area contributed by atoms with E-state index in [0.29, 0.717) is 0 Å². The highest BCUT2D eigenvalue weighted by Crippen LogP contribution is 2.39. The summed E-state index contributed by atoms with van der Waals surface area (Å²) in [6.45, 7) is 0.132. The van der Waals surface area contributed by atoms with Crippen LogP contribution in [0.4, 0.5) is 28.0 Å². The van der Waals surface area contributed by atoms with Gasteiger partial charge in [0.2, 0.25) is 0 Å². The molecule has 0 bridgehead atoms. The number of halogens is 6. The number of anilines is 1. The first-order valence-corrected chi connectivity index (χ1v) is 8.54. The highest BCUT2D eigenvalue weighted by molar-refractivity contribution is 6.33. The lowest BCUT2D eigenvalue weighted by Crippen LogP contribution is -2.54. The van der Waals surface area contributed by atoms with Crippen LogP contribution in [0.25, 0.3) is 16.9 Å². The van der Waals surface area contributed by atoms with Crippen LogP contribution in [-0.4, -0.2) is 50.0 Å². The number of methoxy groups -OCH3 is 1. The lowest BCUT2D eigenvalue weighted by Gasteiger charge is -2.32. The van der Waals surface area contributed by atoms with Crippen LogP contribution >= 0.6 is 11.6 Å². The number of hydrogen-bond acceptors (Lipinski definition) is 8. The molecule has 15 heteroatoms. The Balaban J connectivity index is 2.31. The molecule has 1 unspecified atom stereocenters. The minimum atomic E-state index is -1.74. The number of alkyl halides is 1. The van der Waals surface area contributed by atoms with E-state index in [-0.39, 0.29) is 16.0 Å². The van der Waals surface area contributed by atoms with E-state index < -0.39 is 57.7 Å². The molecule has 3 aromatic rings. The van der Waals surface area contributed by atoms with Gasteiger partial charge in [0.1, 0.15) is 28.9 Å². The molecular weight excluding hydrogens is 439 g/mol. The Labute approximate surface area is 170 Å². The van der Waals surface area contributed by atoms with Gasteiger partial charge in [0.05, 0.1) is 19.2 Å². The van der Waals surface area contributed by atoms with Crippen molar-refractivity contribution in [3.63, 3.8) is 0 Å². The van der Waals surface area contributed by atoms with E-state index in [9.17, 15) is 22.1 Å². The van der Waals surface area contributed by atoms with Crippen molar-refractivity contribution >= 4 is 23.2 Å². The maximum Gasteiger partial charge on any atom is 0.255 e. The summed E-state index contributed by atoms with van der Waals surface area (Å²) in [5.41, 5.74) is -2.36. The van der Waals surface area contributed by atoms with E-state index in [1.165, 1.54) is 0 Å². The van der Waals surface area contributed by atoms with Crippen LogP contribution in [-0.2, 0) is 0 Å². The Morgan fingerprint density at radius 2 is 1.97 bits per heavy atom. The third-order valence-electron chi connectivity index (χ3n) is 3.92. The van der Waals surface area contributed by atoms with E-state index in [0.717, 1.165) is 37.0 Å². The van der Waals surface area contributed by atoms with Crippen LogP contribution in [0.1, 0.15) is 6.92 Å². The number of hydrazine groups is 3. The molecule has 0 spiro atoms. The zero-order valence-corrected chi connectivity index (χ0v) is 16.2. The molecule has 0 amide bonds. The summed E-state index contributed by atoms with van der Waals surface area (Å²) in [7, 11) is 1.13. The minimum absolute atomic E-state index is 0.00126. The van der Waals surface area contributed by atoms with Gasteiger partial charge >= 0.3 is 0 Å². The standard InChI is InChI=1S/C15H14ClF5N8O/c1-7(17)5-26(29(20)21)28(22)14-12(13(16)25-15-23-6-24-27(14)15)8-3-10(19)11(30-2)4-9(8)18/h3-4,6-7H,5,22H2,1-2H3. The molecule has 0 saturated heterocycles. The topological polar surface area (TPSA) is 88.0 Å². The van der Waals surface area contributed by atoms with Gasteiger partial charge in [0.25, 0.3) is 5.78 Å². The number of fused-ring (bicyclic) bond motifs is 1. The second-order valence-corrected chi connectivity index (χ2v) is 6.29. The third kappa shape index (κ3) is 3.94. The number of aromatic nitrogens is 4. The van der Waals surface area contributed by atoms with Crippen LogP contribution < -0.4 is 15.7 Å². The molecular formula is C15H14ClF5N8O. The van der Waals surface area contributed by atoms with E-state index in [2.05, 4.69) is 15.1 Å². The van der Waals surface area contributed by atoms with E-state index in [1.54, 1.807) is 0 Å². The van der Waals surface area contributed by atoms with Crippen molar-refractivity contribution in [3.05, 3.63) is 35.2 Å². The van der Waals surface area contributed by atoms with Gasteiger partial charge in [-0.25, -0.2) is 24.1 Å². The molecule has 0 saturated carbocycles. The molecule has 0 fully saturated rings. The first-order valence-electron chi connectivity index (χ1n) is 8.16. The number of nitrogens with zero attached hydrogens (tertiary/aromatic N) is 7. The van der Waals surface area contributed by atoms with Gasteiger partial charge in [0, 0.05) is 11.6 Å². The molecule has 2 heterocycles. The molecule has 0 aliphatic rings. The SMILES string of the molecule is COc1cc(F)c(-c2c(Cl)nc3ncnn3c2N(N)N(CC(C)F)N(F)F)cc1F. The van der Waals surface area contributed by atoms with Crippen LogP contribution in [0.15, 0.2) is 18.5 Å². The maximum atomic E-state index is 14.8. The molecule has 30 heavy (non-hydrogen) atoms. The van der Waals surface area contributed by atoms with Gasteiger partial charge in [0.15, 0.2) is 17.4 Å². The number of hydrogen-bond donors (Lipinski definition) is 1. The van der Waals surface area contributed by atoms with Crippen molar-refractivity contribution in [2.75, 3.05) is 18.8 Å². The fraction of sp³-hybridized carbons (Fsp3) is 0.267. The minimum Gasteiger partial charge on any atom is -0.494 e. The summed E-state index contributed by atoms with van der Waals surface area (Å²) >= 11 is 6.14. The van der Waals surface area contributed by atoms with Gasteiger partial charge in [-0.2, -0.15) is 19.6 Å². The van der Waals surface area contributed by atoms with Crippen molar-refractivity contribution in [3.8, 4) is 16.9 Å². The quantitative estimate of drug-likeness (QED) is 0.192. The Bertz CT molecular complexity index is 1070. The normalized spacial score (nSPS) is 12.8. The zero-order valence-electron chi connectivity index (χ0n) is 15.4. The lowest BCUT2D eigenvalue weighted by atomic mass is 10.1. The van der Waals surface area contributed by atoms with Crippen molar-refractivity contribution < 1.29 is 26.9 Å². The largest absolute Gasteiger partial charge is 0.494 e. The molecule has 0 aliphatic heterocycles. The Morgan fingerprint density at radius 1 is 1.27 bits per heavy atom. The van der Waals surface area contributed by atoms with E-state index >= 15 is 0 Å². The predicted octanol–water partition coefficient (Wildman–Crippen LogP) is 2.97. The van der Waals surface area contributed by atoms with Crippen molar-refractivity contribution in [2.24, 2.45) is 5.84 Å². The molecule has 1 aromatic carbocycles. The van der Waals surface area contributed by atoms with E-state index in [1.807, 2.05) is 0 Å². The lowest BCUT2D eigenvalue weighted by molar-refractivity contribution is -0.309. The van der Waals surface area contributed by atoms with Gasteiger partial charge < -0.3 is 4.74 Å². The first kappa shape index (κ1) is 21.9. The molecule has 1 atom stereocenters. The van der Waals surface area contributed by atoms with Crippen LogP contribution in [0.3, 0.4) is 0 Å². The van der Waals surface area contributed by atoms with Gasteiger partial charge in [-0.15, -0.1) is 0 Å². The van der Waals surface area contributed by atoms with E-state index in [4.69, 9.17) is 22.2 Å². The van der Waals surface area contributed by atoms with Crippen LogP contribution in [0, 0.1) is 11.6 Å². The number of rotatable bonds is 7. The number of ether oxygens (including phenoxy) is 1. The Morgan fingerprint density at radius 3 is 2.57 bits per heavy atom. The second-order valence-electron chi connectivity index (χ2n) is 5.93. The average Bonchev–Trinajstić information content (AvgIpc) is 3.13. The molecule has 162 valence electrons. The van der Waals surface area contributed by atoms with Crippen molar-refractivity contribution in [2.45, 2.75) is 13.1 Å². The van der Waals surface area contributed by atoms with Crippen LogP contribution in [0.5, 0.6) is 5.75 Å².